The Morgan fingerprint density at radius 3 is 2.72 bits per heavy atom. The molecule has 1 aromatic heterocycles. The first-order chi connectivity index (χ1) is 8.32. The lowest BCUT2D eigenvalue weighted by molar-refractivity contribution is -0.0170. The topological polar surface area (TPSA) is 59.5 Å². The predicted molar refractivity (Wildman–Crippen MR) is 70.6 cm³/mol. The summed E-state index contributed by atoms with van der Waals surface area (Å²) in [6.07, 6.45) is -0.0975. The van der Waals surface area contributed by atoms with Gasteiger partial charge < -0.3 is 4.74 Å². The molecule has 0 spiro atoms. The van der Waals surface area contributed by atoms with Gasteiger partial charge in [-0.3, -0.25) is 0 Å². The molecule has 2 atom stereocenters. The molecule has 0 aliphatic carbocycles. The van der Waals surface area contributed by atoms with Crippen molar-refractivity contribution in [3.63, 3.8) is 0 Å². The molecule has 0 bridgehead atoms. The molecule has 18 heavy (non-hydrogen) atoms. The molecular weight excluding hydrogens is 296 g/mol. The van der Waals surface area contributed by atoms with E-state index in [1.165, 1.54) is 4.31 Å². The van der Waals surface area contributed by atoms with Gasteiger partial charge in [0.2, 0.25) is 0 Å². The van der Waals surface area contributed by atoms with Crippen molar-refractivity contribution < 1.29 is 13.2 Å². The molecule has 1 aliphatic heterocycles. The molecule has 0 aromatic carbocycles. The average Bonchev–Trinajstić information content (AvgIpc) is 2.62. The fraction of sp³-hybridized carbons (Fsp3) is 0.700. The predicted octanol–water partition coefficient (Wildman–Crippen LogP) is 1.90. The van der Waals surface area contributed by atoms with Gasteiger partial charge >= 0.3 is 0 Å². The van der Waals surface area contributed by atoms with E-state index in [-0.39, 0.29) is 20.8 Å². The van der Waals surface area contributed by atoms with Gasteiger partial charge in [0.15, 0.2) is 8.68 Å². The SMILES string of the molecule is Cc1nc(Cl)sc1S(=O)(=O)N1CC(C)OCC1C. The second kappa shape index (κ2) is 5.05. The lowest BCUT2D eigenvalue weighted by atomic mass is 10.2. The van der Waals surface area contributed by atoms with E-state index < -0.39 is 10.0 Å². The van der Waals surface area contributed by atoms with Crippen molar-refractivity contribution in [1.29, 1.82) is 0 Å². The smallest absolute Gasteiger partial charge is 0.254 e. The van der Waals surface area contributed by atoms with Crippen molar-refractivity contribution in [2.75, 3.05) is 13.2 Å². The van der Waals surface area contributed by atoms with Crippen molar-refractivity contribution in [1.82, 2.24) is 9.29 Å². The zero-order valence-electron chi connectivity index (χ0n) is 10.4. The maximum atomic E-state index is 12.6. The summed E-state index contributed by atoms with van der Waals surface area (Å²) in [7, 11) is -3.53. The summed E-state index contributed by atoms with van der Waals surface area (Å²) in [6.45, 7) is 6.12. The Balaban J connectivity index is 2.38. The molecule has 1 aliphatic rings. The molecule has 1 fully saturated rings. The zero-order chi connectivity index (χ0) is 13.5. The molecule has 1 aromatic rings. The van der Waals surface area contributed by atoms with Crippen LogP contribution in [0.2, 0.25) is 4.47 Å². The first-order valence-corrected chi connectivity index (χ1v) is 8.22. The van der Waals surface area contributed by atoms with Gasteiger partial charge in [-0.1, -0.05) is 22.9 Å². The molecular formula is C10H15ClN2O3S2. The van der Waals surface area contributed by atoms with Gasteiger partial charge in [-0.2, -0.15) is 4.31 Å². The van der Waals surface area contributed by atoms with Gasteiger partial charge in [0.25, 0.3) is 10.0 Å². The van der Waals surface area contributed by atoms with E-state index in [1.807, 2.05) is 13.8 Å². The minimum absolute atomic E-state index is 0.0975. The van der Waals surface area contributed by atoms with Crippen LogP contribution in [-0.4, -0.2) is 43.0 Å². The van der Waals surface area contributed by atoms with Gasteiger partial charge in [0, 0.05) is 12.6 Å². The largest absolute Gasteiger partial charge is 0.375 e. The Hall–Kier alpha value is -0.210. The number of thiazole rings is 1. The highest BCUT2D eigenvalue weighted by atomic mass is 35.5. The number of nitrogens with zero attached hydrogens (tertiary/aromatic N) is 2. The van der Waals surface area contributed by atoms with Crippen LogP contribution in [0.3, 0.4) is 0 Å². The fourth-order valence-electron chi connectivity index (χ4n) is 1.90. The summed E-state index contributed by atoms with van der Waals surface area (Å²) < 4.78 is 32.5. The van der Waals surface area contributed by atoms with Crippen molar-refractivity contribution in [3.8, 4) is 0 Å². The second-order valence-electron chi connectivity index (χ2n) is 4.41. The van der Waals surface area contributed by atoms with Crippen LogP contribution >= 0.6 is 22.9 Å². The number of hydrogen-bond donors (Lipinski definition) is 0. The van der Waals surface area contributed by atoms with Crippen LogP contribution in [-0.2, 0) is 14.8 Å². The monoisotopic (exact) mass is 310 g/mol. The third kappa shape index (κ3) is 2.55. The third-order valence-electron chi connectivity index (χ3n) is 2.82. The summed E-state index contributed by atoms with van der Waals surface area (Å²) in [4.78, 5) is 3.96. The van der Waals surface area contributed by atoms with Crippen LogP contribution in [0, 0.1) is 6.92 Å². The Kier molecular flexibility index (Phi) is 3.99. The Labute approximate surface area is 116 Å². The van der Waals surface area contributed by atoms with E-state index in [2.05, 4.69) is 4.98 Å². The molecule has 0 amide bonds. The molecule has 0 N–H and O–H groups in total. The number of halogens is 1. The highest BCUT2D eigenvalue weighted by molar-refractivity contribution is 7.91. The van der Waals surface area contributed by atoms with E-state index in [0.29, 0.717) is 18.8 Å². The van der Waals surface area contributed by atoms with E-state index >= 15 is 0 Å². The van der Waals surface area contributed by atoms with Crippen molar-refractivity contribution in [2.24, 2.45) is 0 Å². The first-order valence-electron chi connectivity index (χ1n) is 5.58. The number of aromatic nitrogens is 1. The Morgan fingerprint density at radius 2 is 2.17 bits per heavy atom. The van der Waals surface area contributed by atoms with Crippen molar-refractivity contribution in [2.45, 2.75) is 37.1 Å². The highest BCUT2D eigenvalue weighted by Gasteiger charge is 2.36. The molecule has 2 heterocycles. The third-order valence-corrected chi connectivity index (χ3v) is 6.65. The van der Waals surface area contributed by atoms with E-state index in [4.69, 9.17) is 16.3 Å². The molecule has 2 rings (SSSR count). The van der Waals surface area contributed by atoms with Crippen LogP contribution in [0.15, 0.2) is 4.21 Å². The molecule has 0 saturated carbocycles. The van der Waals surface area contributed by atoms with Gasteiger partial charge in [-0.15, -0.1) is 0 Å². The van der Waals surface area contributed by atoms with E-state index in [9.17, 15) is 8.42 Å². The van der Waals surface area contributed by atoms with Gasteiger partial charge in [-0.05, 0) is 20.8 Å². The lowest BCUT2D eigenvalue weighted by Crippen LogP contribution is -2.49. The number of rotatable bonds is 2. The molecule has 1 saturated heterocycles. The molecule has 102 valence electrons. The molecule has 0 radical (unpaired) electrons. The number of ether oxygens (including phenoxy) is 1. The summed E-state index contributed by atoms with van der Waals surface area (Å²) >= 11 is 6.78. The number of sulfonamides is 1. The lowest BCUT2D eigenvalue weighted by Gasteiger charge is -2.35. The van der Waals surface area contributed by atoms with Crippen molar-refractivity contribution >= 4 is 33.0 Å². The van der Waals surface area contributed by atoms with Crippen LogP contribution in [0.5, 0.6) is 0 Å². The van der Waals surface area contributed by atoms with Gasteiger partial charge in [0.1, 0.15) is 0 Å². The number of morpholine rings is 1. The minimum atomic E-state index is -3.53. The first kappa shape index (κ1) is 14.2. The summed E-state index contributed by atoms with van der Waals surface area (Å²) in [5, 5.41) is 0. The van der Waals surface area contributed by atoms with E-state index in [1.54, 1.807) is 6.92 Å². The van der Waals surface area contributed by atoms with E-state index in [0.717, 1.165) is 11.3 Å². The van der Waals surface area contributed by atoms with Crippen LogP contribution in [0.25, 0.3) is 0 Å². The van der Waals surface area contributed by atoms with Crippen LogP contribution in [0.4, 0.5) is 0 Å². The minimum Gasteiger partial charge on any atom is -0.375 e. The Bertz CT molecular complexity index is 543. The number of aryl methyl sites for hydroxylation is 1. The van der Waals surface area contributed by atoms with Crippen molar-refractivity contribution in [3.05, 3.63) is 10.2 Å². The van der Waals surface area contributed by atoms with Crippen LogP contribution in [0.1, 0.15) is 19.5 Å². The maximum absolute atomic E-state index is 12.6. The Morgan fingerprint density at radius 1 is 1.50 bits per heavy atom. The molecule has 2 unspecified atom stereocenters. The zero-order valence-corrected chi connectivity index (χ0v) is 12.8. The summed E-state index contributed by atoms with van der Waals surface area (Å²) in [5.74, 6) is 0. The average molecular weight is 311 g/mol. The highest BCUT2D eigenvalue weighted by Crippen LogP contribution is 2.31. The standard InChI is InChI=1S/C10H15ClN2O3S2/c1-6-5-16-7(2)4-13(6)18(14,15)9-8(3)12-10(11)17-9/h6-7H,4-5H2,1-3H3. The van der Waals surface area contributed by atoms with Gasteiger partial charge in [-0.25, -0.2) is 13.4 Å². The number of hydrogen-bond acceptors (Lipinski definition) is 5. The van der Waals surface area contributed by atoms with Gasteiger partial charge in [0.05, 0.1) is 18.4 Å². The summed E-state index contributed by atoms with van der Waals surface area (Å²) in [6, 6.07) is -0.175. The summed E-state index contributed by atoms with van der Waals surface area (Å²) in [5.41, 5.74) is 0.455. The molecule has 8 heteroatoms. The molecule has 5 nitrogen and oxygen atoms in total. The quantitative estimate of drug-likeness (QED) is 0.837. The maximum Gasteiger partial charge on any atom is 0.254 e. The fourth-order valence-corrected chi connectivity index (χ4v) is 5.45. The second-order valence-corrected chi connectivity index (χ2v) is 8.07. The normalized spacial score (nSPS) is 26.4. The van der Waals surface area contributed by atoms with Crippen LogP contribution < -0.4 is 0 Å².